The zero-order valence-corrected chi connectivity index (χ0v) is 15.3. The molecule has 6 heteroatoms. The molecule has 1 aliphatic heterocycles. The number of carbonyl (C=O) groups is 1. The van der Waals surface area contributed by atoms with Gasteiger partial charge in [-0.05, 0) is 50.5 Å². The molecule has 25 heavy (non-hydrogen) atoms. The molecule has 3 rings (SSSR count). The summed E-state index contributed by atoms with van der Waals surface area (Å²) in [6, 6.07) is 12.1. The van der Waals surface area contributed by atoms with Crippen LogP contribution in [0.4, 0.5) is 10.7 Å². The van der Waals surface area contributed by atoms with Crippen LogP contribution in [0.3, 0.4) is 0 Å². The predicted octanol–water partition coefficient (Wildman–Crippen LogP) is 3.61. The molecule has 1 saturated heterocycles. The first-order chi connectivity index (χ1) is 12.2. The molecule has 132 valence electrons. The summed E-state index contributed by atoms with van der Waals surface area (Å²) in [5.41, 5.74) is 4.68. The number of rotatable bonds is 6. The van der Waals surface area contributed by atoms with Gasteiger partial charge in [0.2, 0.25) is 0 Å². The molecule has 0 aliphatic carbocycles. The highest BCUT2D eigenvalue weighted by molar-refractivity contribution is 7.17. The van der Waals surface area contributed by atoms with Crippen molar-refractivity contribution >= 4 is 34.1 Å². The van der Waals surface area contributed by atoms with Crippen LogP contribution in [0.2, 0.25) is 0 Å². The third-order valence-corrected chi connectivity index (χ3v) is 5.25. The molecule has 1 aromatic heterocycles. The van der Waals surface area contributed by atoms with Gasteiger partial charge in [-0.3, -0.25) is 4.79 Å². The van der Waals surface area contributed by atoms with Gasteiger partial charge in [-0.25, -0.2) is 5.43 Å². The van der Waals surface area contributed by atoms with E-state index in [1.807, 2.05) is 31.2 Å². The van der Waals surface area contributed by atoms with Crippen LogP contribution in [0.15, 0.2) is 41.5 Å². The number of aryl methyl sites for hydroxylation is 1. The third-order valence-electron chi connectivity index (χ3n) is 4.17. The molecule has 0 spiro atoms. The Kier molecular flexibility index (Phi) is 6.06. The van der Waals surface area contributed by atoms with Crippen LogP contribution in [-0.2, 0) is 4.79 Å². The Bertz CT molecular complexity index is 717. The van der Waals surface area contributed by atoms with Gasteiger partial charge in [-0.15, -0.1) is 11.3 Å². The van der Waals surface area contributed by atoms with E-state index in [-0.39, 0.29) is 12.5 Å². The SMILES string of the molecule is Cc1ccc(NCC(=O)N/N=C\c2ccc(N3CCCCC3)s2)cc1. The standard InChI is InChI=1S/C19H24N4OS/c1-15-5-7-16(8-6-15)20-14-18(24)22-21-13-17-9-10-19(25-17)23-11-3-2-4-12-23/h5-10,13,20H,2-4,11-12,14H2,1H3,(H,22,24)/b21-13-. The zero-order valence-electron chi connectivity index (χ0n) is 14.5. The van der Waals surface area contributed by atoms with Gasteiger partial charge >= 0.3 is 0 Å². The van der Waals surface area contributed by atoms with Gasteiger partial charge in [0, 0.05) is 23.7 Å². The summed E-state index contributed by atoms with van der Waals surface area (Å²) < 4.78 is 0. The first-order valence-corrected chi connectivity index (χ1v) is 9.49. The monoisotopic (exact) mass is 356 g/mol. The highest BCUT2D eigenvalue weighted by atomic mass is 32.1. The van der Waals surface area contributed by atoms with Crippen LogP contribution in [0.1, 0.15) is 29.7 Å². The van der Waals surface area contributed by atoms with Crippen LogP contribution in [0, 0.1) is 6.92 Å². The molecular formula is C19H24N4OS. The molecule has 2 aromatic rings. The largest absolute Gasteiger partial charge is 0.376 e. The minimum Gasteiger partial charge on any atom is -0.376 e. The second kappa shape index (κ2) is 8.67. The lowest BCUT2D eigenvalue weighted by atomic mass is 10.1. The number of nitrogens with zero attached hydrogens (tertiary/aromatic N) is 2. The first kappa shape index (κ1) is 17.5. The summed E-state index contributed by atoms with van der Waals surface area (Å²) in [6.45, 7) is 4.51. The molecule has 0 bridgehead atoms. The van der Waals surface area contributed by atoms with E-state index in [0.717, 1.165) is 23.7 Å². The van der Waals surface area contributed by atoms with E-state index in [1.165, 1.54) is 29.8 Å². The van der Waals surface area contributed by atoms with Crippen molar-refractivity contribution in [1.29, 1.82) is 0 Å². The molecular weight excluding hydrogens is 332 g/mol. The topological polar surface area (TPSA) is 56.7 Å². The smallest absolute Gasteiger partial charge is 0.259 e. The Balaban J connectivity index is 1.43. The first-order valence-electron chi connectivity index (χ1n) is 8.68. The maximum atomic E-state index is 11.8. The van der Waals surface area contributed by atoms with Crippen molar-refractivity contribution in [3.05, 3.63) is 46.8 Å². The Labute approximate surface area is 152 Å². The molecule has 2 heterocycles. The Hall–Kier alpha value is -2.34. The van der Waals surface area contributed by atoms with E-state index >= 15 is 0 Å². The number of thiophene rings is 1. The maximum Gasteiger partial charge on any atom is 0.259 e. The number of carbonyl (C=O) groups excluding carboxylic acids is 1. The van der Waals surface area contributed by atoms with Crippen molar-refractivity contribution in [3.8, 4) is 0 Å². The second-order valence-corrected chi connectivity index (χ2v) is 7.33. The molecule has 0 atom stereocenters. The van der Waals surface area contributed by atoms with Gasteiger partial charge in [0.15, 0.2) is 0 Å². The summed E-state index contributed by atoms with van der Waals surface area (Å²) in [7, 11) is 0. The highest BCUT2D eigenvalue weighted by Gasteiger charge is 2.12. The van der Waals surface area contributed by atoms with Gasteiger partial charge < -0.3 is 10.2 Å². The minimum absolute atomic E-state index is 0.162. The molecule has 1 aromatic carbocycles. The quantitative estimate of drug-likeness (QED) is 0.614. The number of amides is 1. The average Bonchev–Trinajstić information content (AvgIpc) is 3.11. The van der Waals surface area contributed by atoms with Crippen molar-refractivity contribution in [2.24, 2.45) is 5.10 Å². The van der Waals surface area contributed by atoms with Gasteiger partial charge in [-0.1, -0.05) is 17.7 Å². The molecule has 2 N–H and O–H groups in total. The fourth-order valence-corrected chi connectivity index (χ4v) is 3.69. The van der Waals surface area contributed by atoms with E-state index in [0.29, 0.717) is 0 Å². The lowest BCUT2D eigenvalue weighted by Crippen LogP contribution is -2.28. The lowest BCUT2D eigenvalue weighted by molar-refractivity contribution is -0.119. The fourth-order valence-electron chi connectivity index (χ4n) is 2.76. The lowest BCUT2D eigenvalue weighted by Gasteiger charge is -2.27. The second-order valence-electron chi connectivity index (χ2n) is 6.24. The Morgan fingerprint density at radius 3 is 2.68 bits per heavy atom. The number of hydrogen-bond acceptors (Lipinski definition) is 5. The van der Waals surface area contributed by atoms with Gasteiger partial charge in [-0.2, -0.15) is 5.10 Å². The molecule has 0 unspecified atom stereocenters. The van der Waals surface area contributed by atoms with Gasteiger partial charge in [0.25, 0.3) is 5.91 Å². The van der Waals surface area contributed by atoms with Crippen LogP contribution in [0.5, 0.6) is 0 Å². The molecule has 1 aliphatic rings. The summed E-state index contributed by atoms with van der Waals surface area (Å²) in [6.07, 6.45) is 5.58. The van der Waals surface area contributed by atoms with E-state index in [4.69, 9.17) is 0 Å². The normalized spacial score (nSPS) is 14.7. The van der Waals surface area contributed by atoms with E-state index < -0.39 is 0 Å². The van der Waals surface area contributed by atoms with E-state index in [2.05, 4.69) is 32.9 Å². The molecule has 1 amide bonds. The zero-order chi connectivity index (χ0) is 17.5. The molecule has 5 nitrogen and oxygen atoms in total. The number of benzene rings is 1. The number of hydrogen-bond donors (Lipinski definition) is 2. The van der Waals surface area contributed by atoms with Crippen LogP contribution in [-0.4, -0.2) is 31.8 Å². The van der Waals surface area contributed by atoms with Crippen molar-refractivity contribution in [2.45, 2.75) is 26.2 Å². The number of piperidine rings is 1. The van der Waals surface area contributed by atoms with Crippen molar-refractivity contribution in [2.75, 3.05) is 29.9 Å². The fraction of sp³-hybridized carbons (Fsp3) is 0.368. The van der Waals surface area contributed by atoms with Crippen LogP contribution < -0.4 is 15.6 Å². The summed E-state index contributed by atoms with van der Waals surface area (Å²) in [5.74, 6) is -0.162. The van der Waals surface area contributed by atoms with E-state index in [9.17, 15) is 4.79 Å². The molecule has 0 radical (unpaired) electrons. The van der Waals surface area contributed by atoms with Gasteiger partial charge in [0.05, 0.1) is 17.8 Å². The Morgan fingerprint density at radius 1 is 1.16 bits per heavy atom. The molecule has 1 fully saturated rings. The summed E-state index contributed by atoms with van der Waals surface area (Å²) >= 11 is 1.71. The van der Waals surface area contributed by atoms with Crippen LogP contribution in [0.25, 0.3) is 0 Å². The molecule has 0 saturated carbocycles. The van der Waals surface area contributed by atoms with Crippen molar-refractivity contribution in [3.63, 3.8) is 0 Å². The van der Waals surface area contributed by atoms with Crippen molar-refractivity contribution < 1.29 is 4.79 Å². The average molecular weight is 356 g/mol. The summed E-state index contributed by atoms with van der Waals surface area (Å²) in [4.78, 5) is 15.3. The highest BCUT2D eigenvalue weighted by Crippen LogP contribution is 2.27. The minimum atomic E-state index is -0.162. The predicted molar refractivity (Wildman–Crippen MR) is 106 cm³/mol. The van der Waals surface area contributed by atoms with E-state index in [1.54, 1.807) is 17.6 Å². The number of hydrazone groups is 1. The number of nitrogens with one attached hydrogen (secondary N) is 2. The van der Waals surface area contributed by atoms with Crippen molar-refractivity contribution in [1.82, 2.24) is 5.43 Å². The summed E-state index contributed by atoms with van der Waals surface area (Å²) in [5, 5.41) is 8.42. The third kappa shape index (κ3) is 5.32. The number of anilines is 2. The van der Waals surface area contributed by atoms with Gasteiger partial charge in [0.1, 0.15) is 0 Å². The van der Waals surface area contributed by atoms with Crippen LogP contribution >= 0.6 is 11.3 Å². The Morgan fingerprint density at radius 2 is 1.92 bits per heavy atom. The maximum absolute atomic E-state index is 11.8.